The molecule has 0 fully saturated rings. The molecular formula is C7H5F3N2O3. The molecule has 82 valence electrons. The first-order chi connectivity index (χ1) is 6.88. The number of aliphatic hydroxyl groups excluding tert-OH is 1. The Bertz CT molecular complexity index is 392. The van der Waals surface area contributed by atoms with E-state index in [0.717, 1.165) is 12.3 Å². The lowest BCUT2D eigenvalue weighted by Gasteiger charge is -2.07. The molecule has 0 atom stereocenters. The van der Waals surface area contributed by atoms with Crippen LogP contribution in [-0.4, -0.2) is 15.0 Å². The predicted molar refractivity (Wildman–Crippen MR) is 41.8 cm³/mol. The van der Waals surface area contributed by atoms with Gasteiger partial charge in [0.15, 0.2) is 0 Å². The largest absolute Gasteiger partial charge is 0.440 e. The van der Waals surface area contributed by atoms with Crippen LogP contribution < -0.4 is 0 Å². The molecule has 15 heavy (non-hydrogen) atoms. The molecule has 0 unspecified atom stereocenters. The molecule has 1 aromatic heterocycles. The maximum absolute atomic E-state index is 12.3. The summed E-state index contributed by atoms with van der Waals surface area (Å²) in [6, 6.07) is 0.966. The molecular weight excluding hydrogens is 217 g/mol. The second-order valence-corrected chi connectivity index (χ2v) is 2.58. The number of nitro groups is 1. The van der Waals surface area contributed by atoms with Gasteiger partial charge in [-0.25, -0.2) is 4.98 Å². The molecule has 0 aliphatic carbocycles. The normalized spacial score (nSPS) is 11.5. The van der Waals surface area contributed by atoms with E-state index < -0.39 is 34.7 Å². The Morgan fingerprint density at radius 3 is 2.53 bits per heavy atom. The summed E-state index contributed by atoms with van der Waals surface area (Å²) < 4.78 is 36.8. The topological polar surface area (TPSA) is 76.3 Å². The van der Waals surface area contributed by atoms with Crippen molar-refractivity contribution in [2.75, 3.05) is 0 Å². The van der Waals surface area contributed by atoms with E-state index in [-0.39, 0.29) is 0 Å². The minimum Gasteiger partial charge on any atom is -0.391 e. The first-order valence-corrected chi connectivity index (χ1v) is 3.68. The van der Waals surface area contributed by atoms with E-state index in [1.807, 2.05) is 0 Å². The summed E-state index contributed by atoms with van der Waals surface area (Å²) in [7, 11) is 0. The van der Waals surface area contributed by atoms with Crippen LogP contribution >= 0.6 is 0 Å². The smallest absolute Gasteiger partial charge is 0.391 e. The molecule has 0 spiro atoms. The van der Waals surface area contributed by atoms with Gasteiger partial charge in [-0.3, -0.25) is 10.1 Å². The third kappa shape index (κ3) is 2.21. The fourth-order valence-electron chi connectivity index (χ4n) is 1.03. The predicted octanol–water partition coefficient (Wildman–Crippen LogP) is 1.50. The molecule has 0 aromatic carbocycles. The molecule has 0 saturated heterocycles. The van der Waals surface area contributed by atoms with Gasteiger partial charge in [0.1, 0.15) is 0 Å². The zero-order chi connectivity index (χ0) is 11.6. The number of halogens is 3. The molecule has 0 bridgehead atoms. The summed E-state index contributed by atoms with van der Waals surface area (Å²) >= 11 is 0. The minimum absolute atomic E-state index is 0.415. The second kappa shape index (κ2) is 3.81. The fraction of sp³-hybridized carbons (Fsp3) is 0.286. The van der Waals surface area contributed by atoms with E-state index in [9.17, 15) is 23.3 Å². The highest BCUT2D eigenvalue weighted by Gasteiger charge is 2.41. The van der Waals surface area contributed by atoms with Gasteiger partial charge in [-0.2, -0.15) is 13.2 Å². The molecule has 1 heterocycles. The molecule has 0 radical (unpaired) electrons. The summed E-state index contributed by atoms with van der Waals surface area (Å²) in [5.74, 6) is 0. The van der Waals surface area contributed by atoms with Gasteiger partial charge in [-0.15, -0.1) is 0 Å². The standard InChI is InChI=1S/C7H5F3N2O3/c8-7(9,10)6-5(12(14)15)4(3-13)1-2-11-6/h1-2,13H,3H2. The zero-order valence-corrected chi connectivity index (χ0v) is 7.15. The SMILES string of the molecule is O=[N+]([O-])c1c(CO)ccnc1C(F)(F)F. The van der Waals surface area contributed by atoms with Gasteiger partial charge in [0.05, 0.1) is 17.1 Å². The number of hydrogen-bond acceptors (Lipinski definition) is 4. The van der Waals surface area contributed by atoms with Gasteiger partial charge in [0, 0.05) is 6.20 Å². The van der Waals surface area contributed by atoms with Crippen molar-refractivity contribution in [2.24, 2.45) is 0 Å². The molecule has 8 heteroatoms. The van der Waals surface area contributed by atoms with Crippen molar-refractivity contribution in [2.45, 2.75) is 12.8 Å². The monoisotopic (exact) mass is 222 g/mol. The number of hydrogen-bond donors (Lipinski definition) is 1. The number of aliphatic hydroxyl groups is 1. The number of alkyl halides is 3. The summed E-state index contributed by atoms with van der Waals surface area (Å²) in [5.41, 5.74) is -3.21. The van der Waals surface area contributed by atoms with E-state index in [4.69, 9.17) is 5.11 Å². The lowest BCUT2D eigenvalue weighted by molar-refractivity contribution is -0.389. The van der Waals surface area contributed by atoms with Crippen LogP contribution in [0.1, 0.15) is 11.3 Å². The second-order valence-electron chi connectivity index (χ2n) is 2.58. The van der Waals surface area contributed by atoms with Crippen molar-refractivity contribution in [3.63, 3.8) is 0 Å². The fourth-order valence-corrected chi connectivity index (χ4v) is 1.03. The van der Waals surface area contributed by atoms with Crippen LogP contribution in [0.15, 0.2) is 12.3 Å². The van der Waals surface area contributed by atoms with Crippen LogP contribution in [0.25, 0.3) is 0 Å². The van der Waals surface area contributed by atoms with E-state index >= 15 is 0 Å². The van der Waals surface area contributed by atoms with Crippen LogP contribution in [0.2, 0.25) is 0 Å². The third-order valence-corrected chi connectivity index (χ3v) is 1.63. The van der Waals surface area contributed by atoms with Gasteiger partial charge in [-0.1, -0.05) is 0 Å². The van der Waals surface area contributed by atoms with E-state index in [2.05, 4.69) is 4.98 Å². The van der Waals surface area contributed by atoms with Gasteiger partial charge in [0.2, 0.25) is 5.69 Å². The number of nitrogens with zero attached hydrogens (tertiary/aromatic N) is 2. The molecule has 5 nitrogen and oxygen atoms in total. The van der Waals surface area contributed by atoms with Crippen molar-refractivity contribution in [1.82, 2.24) is 4.98 Å². The Labute approximate surface area is 81.3 Å². The van der Waals surface area contributed by atoms with Crippen molar-refractivity contribution in [3.8, 4) is 0 Å². The Balaban J connectivity index is 3.46. The van der Waals surface area contributed by atoms with Crippen molar-refractivity contribution < 1.29 is 23.2 Å². The lowest BCUT2D eigenvalue weighted by Crippen LogP contribution is -2.13. The van der Waals surface area contributed by atoms with E-state index in [0.29, 0.717) is 0 Å². The van der Waals surface area contributed by atoms with Crippen LogP contribution in [0, 0.1) is 10.1 Å². The highest BCUT2D eigenvalue weighted by molar-refractivity contribution is 5.44. The Morgan fingerprint density at radius 1 is 1.53 bits per heavy atom. The van der Waals surface area contributed by atoms with E-state index in [1.165, 1.54) is 0 Å². The van der Waals surface area contributed by atoms with Gasteiger partial charge >= 0.3 is 11.9 Å². The average molecular weight is 222 g/mol. The van der Waals surface area contributed by atoms with Crippen LogP contribution in [0.3, 0.4) is 0 Å². The molecule has 0 amide bonds. The van der Waals surface area contributed by atoms with Crippen LogP contribution in [0.5, 0.6) is 0 Å². The summed E-state index contributed by atoms with van der Waals surface area (Å²) in [6.07, 6.45) is -4.14. The van der Waals surface area contributed by atoms with Gasteiger partial charge < -0.3 is 5.11 Å². The third-order valence-electron chi connectivity index (χ3n) is 1.63. The Kier molecular flexibility index (Phi) is 2.89. The minimum atomic E-state index is -4.91. The van der Waals surface area contributed by atoms with Crippen molar-refractivity contribution >= 4 is 5.69 Å². The number of rotatable bonds is 2. The Morgan fingerprint density at radius 2 is 2.13 bits per heavy atom. The zero-order valence-electron chi connectivity index (χ0n) is 7.15. The quantitative estimate of drug-likeness (QED) is 0.607. The molecule has 0 saturated carbocycles. The van der Waals surface area contributed by atoms with Crippen LogP contribution in [0.4, 0.5) is 18.9 Å². The maximum Gasteiger partial charge on any atom is 0.440 e. The van der Waals surface area contributed by atoms with Crippen molar-refractivity contribution in [3.05, 3.63) is 33.6 Å². The summed E-state index contributed by atoms with van der Waals surface area (Å²) in [4.78, 5) is 12.1. The average Bonchev–Trinajstić information content (AvgIpc) is 2.15. The molecule has 1 aromatic rings. The maximum atomic E-state index is 12.3. The van der Waals surface area contributed by atoms with Gasteiger partial charge in [0.25, 0.3) is 0 Å². The number of aromatic nitrogens is 1. The molecule has 1 N–H and O–H groups in total. The first kappa shape index (κ1) is 11.4. The first-order valence-electron chi connectivity index (χ1n) is 3.68. The Hall–Kier alpha value is -1.70. The van der Waals surface area contributed by atoms with Crippen LogP contribution in [-0.2, 0) is 12.8 Å². The van der Waals surface area contributed by atoms with Gasteiger partial charge in [-0.05, 0) is 6.07 Å². The van der Waals surface area contributed by atoms with E-state index in [1.54, 1.807) is 0 Å². The number of pyridine rings is 1. The molecule has 1 rings (SSSR count). The highest BCUT2D eigenvalue weighted by atomic mass is 19.4. The summed E-state index contributed by atoms with van der Waals surface area (Å²) in [5, 5.41) is 19.1. The molecule has 0 aliphatic heterocycles. The highest BCUT2D eigenvalue weighted by Crippen LogP contribution is 2.35. The lowest BCUT2D eigenvalue weighted by atomic mass is 10.2. The summed E-state index contributed by atoms with van der Waals surface area (Å²) in [6.45, 7) is -0.845. The molecule has 0 aliphatic rings. The van der Waals surface area contributed by atoms with Crippen molar-refractivity contribution in [1.29, 1.82) is 0 Å².